The van der Waals surface area contributed by atoms with Crippen molar-refractivity contribution in [3.05, 3.63) is 309 Å². The molecule has 2 aliphatic rings. The highest BCUT2D eigenvalue weighted by atomic mass is 16.3. The molecule has 0 amide bonds. The van der Waals surface area contributed by atoms with Gasteiger partial charge in [-0.1, -0.05) is 257 Å². The molecule has 0 fully saturated rings. The van der Waals surface area contributed by atoms with E-state index in [0.717, 1.165) is 117 Å². The first-order valence-corrected chi connectivity index (χ1v) is 29.1. The third-order valence-corrected chi connectivity index (χ3v) is 17.1. The summed E-state index contributed by atoms with van der Waals surface area (Å²) in [6.07, 6.45) is 0. The van der Waals surface area contributed by atoms with E-state index in [1.54, 1.807) is 0 Å². The summed E-state index contributed by atoms with van der Waals surface area (Å²) < 4.78 is 97.9. The van der Waals surface area contributed by atoms with Gasteiger partial charge in [0, 0.05) is 50.3 Å². The topological polar surface area (TPSA) is 19.6 Å². The van der Waals surface area contributed by atoms with Crippen molar-refractivity contribution in [2.45, 2.75) is 26.2 Å². The van der Waals surface area contributed by atoms with Crippen LogP contribution in [0.5, 0.6) is 0 Å². The van der Waals surface area contributed by atoms with Crippen molar-refractivity contribution in [3.63, 3.8) is 0 Å². The maximum absolute atomic E-state index is 9.51. The van der Waals surface area contributed by atoms with Crippen LogP contribution in [0.15, 0.2) is 307 Å². The summed E-state index contributed by atoms with van der Waals surface area (Å²) in [6, 6.07) is 79.1. The monoisotopic (exact) mass is 1110 g/mol. The molecular formula is C82H59BN2O. The highest BCUT2D eigenvalue weighted by molar-refractivity contribution is 7.00. The van der Waals surface area contributed by atoms with Crippen molar-refractivity contribution in [2.75, 3.05) is 9.80 Å². The summed E-state index contributed by atoms with van der Waals surface area (Å²) in [5.41, 5.74) is 19.8. The van der Waals surface area contributed by atoms with Crippen molar-refractivity contribution in [1.29, 1.82) is 0 Å². The van der Waals surface area contributed by atoms with E-state index in [1.807, 2.05) is 115 Å². The van der Waals surface area contributed by atoms with Crippen LogP contribution in [0.25, 0.3) is 99.8 Å². The molecule has 0 N–H and O–H groups in total. The summed E-state index contributed by atoms with van der Waals surface area (Å²) in [5.74, 6) is 0. The van der Waals surface area contributed by atoms with Gasteiger partial charge in [0.2, 0.25) is 0 Å². The molecule has 86 heavy (non-hydrogen) atoms. The van der Waals surface area contributed by atoms with Crippen LogP contribution in [-0.4, -0.2) is 6.71 Å². The Labute approximate surface area is 517 Å². The van der Waals surface area contributed by atoms with Crippen LogP contribution in [0.3, 0.4) is 0 Å². The molecule has 2 aliphatic heterocycles. The van der Waals surface area contributed by atoms with Crippen LogP contribution >= 0.6 is 0 Å². The normalized spacial score (nSPS) is 14.2. The Morgan fingerprint density at radius 1 is 0.349 bits per heavy atom. The fraction of sp³-hybridized carbons (Fsp3) is 0.0488. The highest BCUT2D eigenvalue weighted by Gasteiger charge is 2.45. The predicted octanol–water partition coefficient (Wildman–Crippen LogP) is 20.6. The number of furan rings is 1. The number of para-hydroxylation sites is 1. The van der Waals surface area contributed by atoms with Gasteiger partial charge in [-0.2, -0.15) is 0 Å². The Morgan fingerprint density at radius 3 is 1.35 bits per heavy atom. The van der Waals surface area contributed by atoms with Gasteiger partial charge in [0.25, 0.3) is 6.71 Å². The SMILES string of the molecule is [2H]c1c([2H])c([2H])c(-c2ccc3c(c2)N(c2cc(-c4ccccc4)cc(-c4ccccc4)c2)c2cc(-c4cccc5oc6ccccc6c45)cc4c2B3c2ccc(-c3c([2H])c([2H])c([2H])c([2H])c3[2H])cc2N4c2c(-c3ccccc3)cc(C(C)(C)C)cc2-c2ccccc2)c([2H])c1[2H]. The Morgan fingerprint density at radius 2 is 0.814 bits per heavy atom. The quantitative estimate of drug-likeness (QED) is 0.134. The lowest BCUT2D eigenvalue weighted by atomic mass is 9.33. The largest absolute Gasteiger partial charge is 0.456 e. The first-order chi connectivity index (χ1) is 46.4. The van der Waals surface area contributed by atoms with Crippen molar-refractivity contribution >= 4 is 79.2 Å². The van der Waals surface area contributed by atoms with E-state index in [1.165, 1.54) is 0 Å². The summed E-state index contributed by atoms with van der Waals surface area (Å²) in [6.45, 7) is 6.08. The number of anilines is 6. The molecule has 0 radical (unpaired) electrons. The number of fused-ring (bicyclic) bond motifs is 7. The number of nitrogens with zero attached hydrogens (tertiary/aromatic N) is 2. The van der Waals surface area contributed by atoms with E-state index in [-0.39, 0.29) is 40.7 Å². The molecule has 1 aromatic heterocycles. The van der Waals surface area contributed by atoms with Crippen LogP contribution in [0.2, 0.25) is 0 Å². The van der Waals surface area contributed by atoms with Crippen LogP contribution in [0.1, 0.15) is 40.0 Å². The molecule has 406 valence electrons. The Balaban J connectivity index is 1.12. The molecule has 0 saturated heterocycles. The molecule has 0 atom stereocenters. The fourth-order valence-electron chi connectivity index (χ4n) is 13.1. The second kappa shape index (κ2) is 20.6. The average molecular weight is 1110 g/mol. The van der Waals surface area contributed by atoms with E-state index >= 15 is 0 Å². The second-order valence-electron chi connectivity index (χ2n) is 23.3. The molecule has 0 bridgehead atoms. The highest BCUT2D eigenvalue weighted by Crippen LogP contribution is 2.54. The maximum Gasteiger partial charge on any atom is 0.252 e. The zero-order chi connectivity index (χ0) is 66.2. The van der Waals surface area contributed by atoms with Crippen molar-refractivity contribution in [3.8, 4) is 77.9 Å². The fourth-order valence-corrected chi connectivity index (χ4v) is 13.1. The van der Waals surface area contributed by atoms with Gasteiger partial charge in [0.05, 0.1) is 19.4 Å². The number of hydrogen-bond acceptors (Lipinski definition) is 3. The zero-order valence-corrected chi connectivity index (χ0v) is 47.5. The lowest BCUT2D eigenvalue weighted by Crippen LogP contribution is -2.61. The predicted molar refractivity (Wildman–Crippen MR) is 364 cm³/mol. The van der Waals surface area contributed by atoms with Crippen LogP contribution in [0, 0.1) is 0 Å². The van der Waals surface area contributed by atoms with Crippen molar-refractivity contribution < 1.29 is 18.1 Å². The summed E-state index contributed by atoms with van der Waals surface area (Å²) in [7, 11) is 0. The first-order valence-electron chi connectivity index (χ1n) is 34.1. The molecule has 0 aliphatic carbocycles. The van der Waals surface area contributed by atoms with Crippen molar-refractivity contribution in [1.82, 2.24) is 0 Å². The van der Waals surface area contributed by atoms with E-state index in [2.05, 4.69) is 158 Å². The minimum absolute atomic E-state index is 0.0585. The second-order valence-corrected chi connectivity index (χ2v) is 23.3. The van der Waals surface area contributed by atoms with E-state index in [0.29, 0.717) is 28.1 Å². The molecule has 3 nitrogen and oxygen atoms in total. The summed E-state index contributed by atoms with van der Waals surface area (Å²) in [5, 5.41) is 1.85. The minimum Gasteiger partial charge on any atom is -0.456 e. The van der Waals surface area contributed by atoms with E-state index in [4.69, 9.17) is 12.6 Å². The van der Waals surface area contributed by atoms with Gasteiger partial charge < -0.3 is 14.2 Å². The van der Waals surface area contributed by atoms with Gasteiger partial charge in [-0.25, -0.2) is 0 Å². The van der Waals surface area contributed by atoms with Crippen LogP contribution in [0.4, 0.5) is 34.1 Å². The Hall–Kier alpha value is -10.7. The molecule has 16 rings (SSSR count). The standard InChI is InChI=1S/C82H59BN2O/c1-82(2,3)65-52-69(58-33-18-8-19-34-58)81(70(53-65)59-35-20-9-21-36-59)85-74-49-61(55-27-12-5-13-28-55)42-44-72(74)83-71-43-41-60(54-25-10-4-11-26-54)48-73(71)84(66-46-62(56-29-14-6-15-30-56)45-63(47-66)57-31-16-7-17-32-57)75-50-64(51-76(85)80(75)83)67-38-24-40-78-79(67)68-37-22-23-39-77(68)86-78/h4-53H,1-3H3/i4D,5D,10D,11D,12D,13D,25D,26D,27D,28D. The Kier molecular flexibility index (Phi) is 9.90. The summed E-state index contributed by atoms with van der Waals surface area (Å²) >= 11 is 0. The molecule has 4 heteroatoms. The molecular weight excluding hydrogens is 1040 g/mol. The first kappa shape index (κ1) is 41.3. The lowest BCUT2D eigenvalue weighted by Gasteiger charge is -2.45. The third-order valence-electron chi connectivity index (χ3n) is 17.1. The van der Waals surface area contributed by atoms with Gasteiger partial charge >= 0.3 is 0 Å². The zero-order valence-electron chi connectivity index (χ0n) is 57.5. The number of rotatable bonds is 9. The molecule has 3 heterocycles. The van der Waals surface area contributed by atoms with Gasteiger partial charge in [-0.3, -0.25) is 0 Å². The molecule has 0 spiro atoms. The summed E-state index contributed by atoms with van der Waals surface area (Å²) in [4.78, 5) is 4.65. The third kappa shape index (κ3) is 8.67. The van der Waals surface area contributed by atoms with E-state index in [9.17, 15) is 5.48 Å². The van der Waals surface area contributed by atoms with Gasteiger partial charge in [-0.05, 0) is 161 Å². The smallest absolute Gasteiger partial charge is 0.252 e. The van der Waals surface area contributed by atoms with Crippen LogP contribution in [-0.2, 0) is 5.41 Å². The van der Waals surface area contributed by atoms with Gasteiger partial charge in [-0.15, -0.1) is 0 Å². The Bertz CT molecular complexity index is 5370. The van der Waals surface area contributed by atoms with E-state index < -0.39 is 43.0 Å². The number of hydrogen-bond donors (Lipinski definition) is 0. The van der Waals surface area contributed by atoms with Gasteiger partial charge in [0.15, 0.2) is 0 Å². The molecule has 13 aromatic carbocycles. The van der Waals surface area contributed by atoms with Crippen molar-refractivity contribution in [2.24, 2.45) is 0 Å². The molecule has 0 unspecified atom stereocenters. The molecule has 14 aromatic rings. The van der Waals surface area contributed by atoms with Crippen LogP contribution < -0.4 is 26.2 Å². The maximum atomic E-state index is 9.51. The number of benzene rings is 13. The average Bonchev–Trinajstić information content (AvgIpc) is 0.748. The lowest BCUT2D eigenvalue weighted by molar-refractivity contribution is 0.591. The molecule has 0 saturated carbocycles. The van der Waals surface area contributed by atoms with Gasteiger partial charge in [0.1, 0.15) is 11.2 Å². The minimum atomic E-state index is -0.602.